The molecule has 0 spiro atoms. The van der Waals surface area contributed by atoms with Gasteiger partial charge in [0.15, 0.2) is 0 Å². The van der Waals surface area contributed by atoms with E-state index in [2.05, 4.69) is 166 Å². The molecule has 0 aromatic heterocycles. The molecule has 654 valence electrons. The highest BCUT2D eigenvalue weighted by atomic mass is 32.1. The number of rotatable bonds is 19. The van der Waals surface area contributed by atoms with Gasteiger partial charge >= 0.3 is 5.97 Å². The molecule has 0 amide bonds. The van der Waals surface area contributed by atoms with Crippen molar-refractivity contribution >= 4 is 145 Å². The minimum atomic E-state index is -0.936. The van der Waals surface area contributed by atoms with Crippen LogP contribution < -0.4 is 50.7 Å². The second-order valence-electron chi connectivity index (χ2n) is 30.8. The van der Waals surface area contributed by atoms with Gasteiger partial charge in [-0.1, -0.05) is 249 Å². The number of aromatic carboxylic acids is 1. The zero-order valence-electron chi connectivity index (χ0n) is 74.1. The average Bonchev–Trinajstić information content (AvgIpc) is 0.799. The Kier molecular flexibility index (Phi) is 32.1. The van der Waals surface area contributed by atoms with Gasteiger partial charge in [0, 0.05) is 98.5 Å². The van der Waals surface area contributed by atoms with Crippen molar-refractivity contribution in [3.8, 4) is 40.2 Å². The second-order valence-corrected chi connectivity index (χ2v) is 31.0. The maximum atomic E-state index is 11.8. The molecule has 0 heterocycles. The summed E-state index contributed by atoms with van der Waals surface area (Å²) in [5.41, 5.74) is 32.4. The van der Waals surface area contributed by atoms with Gasteiger partial charge in [-0.3, -0.25) is 4.99 Å². The Morgan fingerprint density at radius 2 is 0.687 bits per heavy atom. The van der Waals surface area contributed by atoms with Crippen LogP contribution in [0.2, 0.25) is 0 Å². The van der Waals surface area contributed by atoms with E-state index < -0.39 is 5.97 Å². The number of anilines is 5. The molecule has 0 saturated heterocycles. The Morgan fingerprint density at radius 1 is 0.328 bits per heavy atom. The number of nitrogens with two attached hydrogens (primary N) is 3. The van der Waals surface area contributed by atoms with E-state index in [1.165, 1.54) is 55.2 Å². The van der Waals surface area contributed by atoms with Crippen molar-refractivity contribution in [3.63, 3.8) is 0 Å². The molecule has 16 nitrogen and oxygen atoms in total. The van der Waals surface area contributed by atoms with Crippen molar-refractivity contribution in [2.24, 2.45) is 9.98 Å². The van der Waals surface area contributed by atoms with Gasteiger partial charge in [-0.15, -0.1) is 0 Å². The molecule has 19 aromatic carbocycles. The van der Waals surface area contributed by atoms with E-state index in [9.17, 15) is 20.1 Å². The van der Waals surface area contributed by atoms with Crippen LogP contribution in [-0.4, -0.2) is 68.2 Å². The van der Waals surface area contributed by atoms with E-state index in [0.29, 0.717) is 29.9 Å². The summed E-state index contributed by atoms with van der Waals surface area (Å²) < 4.78 is 26.4. The average molecular weight is 1750 g/mol. The van der Waals surface area contributed by atoms with E-state index in [0.717, 1.165) is 124 Å². The molecule has 0 atom stereocenters. The number of aryl methyl sites for hydroxylation is 2. The first-order chi connectivity index (χ1) is 63.9. The lowest BCUT2D eigenvalue weighted by molar-refractivity contribution is 0.0699. The summed E-state index contributed by atoms with van der Waals surface area (Å²) >= 11 is 4.64. The number of thiocarbonyl (C=S) groups is 1. The lowest BCUT2D eigenvalue weighted by Gasteiger charge is -2.27. The number of aromatic hydroxyl groups is 2. The molecule has 0 bridgehead atoms. The smallest absolute Gasteiger partial charge is 0.336 e. The van der Waals surface area contributed by atoms with Crippen LogP contribution in [0.15, 0.2) is 398 Å². The van der Waals surface area contributed by atoms with E-state index in [1.54, 1.807) is 71.9 Å². The van der Waals surface area contributed by atoms with Crippen LogP contribution in [0.1, 0.15) is 49.3 Å². The second kappa shape index (κ2) is 45.6. The summed E-state index contributed by atoms with van der Waals surface area (Å²) in [6, 6.07) is 127. The quantitative estimate of drug-likeness (QED) is 0.0251. The molecular formula is C114H103N7O9S. The summed E-state index contributed by atoms with van der Waals surface area (Å²) in [4.78, 5) is 25.1. The fourth-order valence-electron chi connectivity index (χ4n) is 15.3. The van der Waals surface area contributed by atoms with Crippen LogP contribution >= 0.6 is 12.2 Å². The normalized spacial score (nSPS) is 10.6. The minimum absolute atomic E-state index is 0.250. The molecule has 9 N–H and O–H groups in total. The topological polar surface area (TPSA) is 233 Å². The minimum Gasteiger partial charge on any atom is -0.508 e. The largest absolute Gasteiger partial charge is 0.508 e. The lowest BCUT2D eigenvalue weighted by Crippen LogP contribution is -2.22. The first kappa shape index (κ1) is 92.2. The van der Waals surface area contributed by atoms with E-state index in [1.807, 2.05) is 243 Å². The third-order valence-electron chi connectivity index (χ3n) is 22.1. The number of methoxy groups -OCH3 is 5. The number of aliphatic imine (C=N–C) groups is 2. The zero-order valence-corrected chi connectivity index (χ0v) is 74.9. The van der Waals surface area contributed by atoms with Crippen molar-refractivity contribution in [2.45, 2.75) is 40.0 Å². The summed E-state index contributed by atoms with van der Waals surface area (Å²) in [5.74, 6) is 3.66. The monoisotopic (exact) mass is 1750 g/mol. The van der Waals surface area contributed by atoms with Gasteiger partial charge in [-0.2, -0.15) is 4.99 Å². The van der Waals surface area contributed by atoms with Crippen LogP contribution in [0, 0.1) is 13.8 Å². The number of phenols is 2. The van der Waals surface area contributed by atoms with E-state index >= 15 is 0 Å². The predicted molar refractivity (Wildman–Crippen MR) is 547 cm³/mol. The summed E-state index contributed by atoms with van der Waals surface area (Å²) in [6.07, 6.45) is 1.83. The fourth-order valence-corrected chi connectivity index (χ4v) is 15.4. The lowest BCUT2D eigenvalue weighted by atomic mass is 10.0. The Bertz CT molecular complexity index is 7090. The summed E-state index contributed by atoms with van der Waals surface area (Å²) in [5, 5.41) is 45.4. The van der Waals surface area contributed by atoms with Crippen molar-refractivity contribution in [1.82, 2.24) is 0 Å². The van der Waals surface area contributed by atoms with Crippen LogP contribution in [0.25, 0.3) is 75.4 Å². The highest BCUT2D eigenvalue weighted by Gasteiger charge is 2.19. The Hall–Kier alpha value is -16.5. The van der Waals surface area contributed by atoms with Crippen LogP contribution in [-0.2, 0) is 26.2 Å². The molecule has 0 unspecified atom stereocenters. The van der Waals surface area contributed by atoms with Crippen molar-refractivity contribution in [1.29, 1.82) is 0 Å². The predicted octanol–water partition coefficient (Wildman–Crippen LogP) is 27.3. The SMILES string of the molecule is COc1ccc2c(C(=O)O)ccc(N(Cc3ccccc3)Cc3ccccc3)c2c1.COc1ccc2c(C)ccc(N)c2c1.COc1ccc2c(C)ccc(N=C=S)c2c1.COc1ccc2cccc(N(Cc3ccccc3)Cc3ccccc3)c2c1.COc1ccc2cccc(N)c2c1.Nc1cccc2ccc(O)cc12.Oc1ccc2cccc(N=Cc3ccccc3)c2c1. The van der Waals surface area contributed by atoms with Gasteiger partial charge in [0.25, 0.3) is 0 Å². The number of fused-ring (bicyclic) bond motifs is 7. The third kappa shape index (κ3) is 24.6. The number of nitrogen functional groups attached to an aromatic ring is 3. The van der Waals surface area contributed by atoms with Gasteiger partial charge in [0.2, 0.25) is 0 Å². The van der Waals surface area contributed by atoms with Crippen molar-refractivity contribution < 1.29 is 43.8 Å². The first-order valence-corrected chi connectivity index (χ1v) is 42.9. The standard InChI is InChI=1S/C26H23NO3.C25H23NO.C17H13NO.C13H11NOS.C12H13NO.C11H11NO.C10H9NO/c1-30-21-12-13-22-23(26(28)29)14-15-25(24(22)16-21)27(17-19-8-4-2-5-9-19)18-20-10-6-3-7-11-20;1-27-23-16-15-22-13-8-14-25(24(22)17-23)26(18-20-9-4-2-5-10-20)19-21-11-6-3-7-12-21;19-15-10-9-14-7-4-8-17(16(14)11-15)18-12-13-5-2-1-3-6-13;1-9-3-6-13(14-8-16)12-7-10(15-2)4-5-11(9)12;1-8-3-6-12(13)11-7-9(14-2)4-5-10(8)11;1-13-9-6-5-8-3-2-4-11(12)10(8)7-9;11-10-3-1-2-7-4-5-8(12)6-9(7)10/h2-16H,17-18H2,1H3,(H,28,29);2-17H,18-19H2,1H3;1-12,19H;3-7H,1-2H3;3-7H,13H2,1-2H3;2-7H,12H2,1H3;1-6,12H,11H2. The van der Waals surface area contributed by atoms with Gasteiger partial charge in [-0.05, 0) is 242 Å². The first-order valence-electron chi connectivity index (χ1n) is 42.5. The van der Waals surface area contributed by atoms with Gasteiger partial charge in [0.05, 0.1) is 57.6 Å². The Morgan fingerprint density at radius 3 is 1.16 bits per heavy atom. The molecule has 0 aliphatic heterocycles. The number of hydrogen-bond acceptors (Lipinski definition) is 16. The number of carboxylic acid groups (broad SMARTS) is 1. The molecule has 0 aliphatic rings. The Balaban J connectivity index is 0.000000133. The third-order valence-corrected chi connectivity index (χ3v) is 22.2. The molecule has 0 aliphatic carbocycles. The maximum Gasteiger partial charge on any atom is 0.336 e. The number of nitrogens with zero attached hydrogens (tertiary/aromatic N) is 4. The van der Waals surface area contributed by atoms with E-state index in [-0.39, 0.29) is 17.1 Å². The number of hydrogen-bond donors (Lipinski definition) is 6. The number of phenolic OH excluding ortho intramolecular Hbond substituents is 2. The molecule has 0 saturated carbocycles. The van der Waals surface area contributed by atoms with E-state index in [4.69, 9.17) is 40.9 Å². The van der Waals surface area contributed by atoms with Crippen molar-refractivity contribution in [3.05, 3.63) is 433 Å². The number of carboxylic acids is 1. The van der Waals surface area contributed by atoms with Gasteiger partial charge < -0.3 is 66.0 Å². The fraction of sp³-hybridized carbons (Fsp3) is 0.0965. The summed E-state index contributed by atoms with van der Waals surface area (Å²) in [7, 11) is 8.30. The number of carbonyl (C=O) groups is 1. The molecule has 19 rings (SSSR count). The van der Waals surface area contributed by atoms with Crippen LogP contribution in [0.5, 0.6) is 40.2 Å². The van der Waals surface area contributed by atoms with Gasteiger partial charge in [-0.25, -0.2) is 4.79 Å². The number of ether oxygens (including phenoxy) is 5. The number of isothiocyanates is 1. The maximum absolute atomic E-state index is 11.8. The highest BCUT2D eigenvalue weighted by Crippen LogP contribution is 2.39. The molecule has 0 fully saturated rings. The molecule has 19 aromatic rings. The molecule has 17 heteroatoms. The van der Waals surface area contributed by atoms with Crippen LogP contribution in [0.4, 0.5) is 39.8 Å². The van der Waals surface area contributed by atoms with Crippen molar-refractivity contribution in [2.75, 3.05) is 62.5 Å². The molecular weight excluding hydrogens is 1640 g/mol. The molecule has 0 radical (unpaired) electrons. The van der Waals surface area contributed by atoms with Crippen LogP contribution in [0.3, 0.4) is 0 Å². The zero-order chi connectivity index (χ0) is 92.0. The van der Waals surface area contributed by atoms with Gasteiger partial charge in [0.1, 0.15) is 40.2 Å². The Labute approximate surface area is 769 Å². The highest BCUT2D eigenvalue weighted by molar-refractivity contribution is 7.78. The summed E-state index contributed by atoms with van der Waals surface area (Å²) in [6.45, 7) is 7.26. The number of benzene rings is 19. The molecule has 131 heavy (non-hydrogen) atoms.